The van der Waals surface area contributed by atoms with Crippen LogP contribution in [0.1, 0.15) is 0 Å². The van der Waals surface area contributed by atoms with Crippen molar-refractivity contribution in [2.75, 3.05) is 0 Å². The maximum atomic E-state index is 4.31. The van der Waals surface area contributed by atoms with Gasteiger partial charge in [0.2, 0.25) is 0 Å². The summed E-state index contributed by atoms with van der Waals surface area (Å²) in [7, 11) is 1.96. The van der Waals surface area contributed by atoms with Crippen LogP contribution < -0.4 is 4.57 Å². The second-order valence-corrected chi connectivity index (χ2v) is 2.98. The molecule has 0 spiro atoms. The minimum absolute atomic E-state index is 1.01. The topological polar surface area (TPSA) is 16.8 Å². The van der Waals surface area contributed by atoms with E-state index >= 15 is 0 Å². The molecule has 0 aliphatic rings. The first kappa shape index (κ1) is 7.92. The van der Waals surface area contributed by atoms with E-state index in [1.54, 1.807) is 0 Å². The largest absolute Gasteiger partial charge is 0.286 e. The standard InChI is InChI=1S/C11H11N2/c1-13-8-7-11(12-9-13)10-5-3-2-4-6-10/h2-9H,1H3/q+1. The SMILES string of the molecule is C[n+]1ccc(-c2ccccc2)nc1. The van der Waals surface area contributed by atoms with Crippen LogP contribution >= 0.6 is 0 Å². The van der Waals surface area contributed by atoms with E-state index in [0.29, 0.717) is 0 Å². The third kappa shape index (κ3) is 1.72. The second-order valence-electron chi connectivity index (χ2n) is 2.98. The van der Waals surface area contributed by atoms with Gasteiger partial charge >= 0.3 is 0 Å². The van der Waals surface area contributed by atoms with E-state index in [1.807, 2.05) is 48.4 Å². The van der Waals surface area contributed by atoms with Gasteiger partial charge in [-0.2, -0.15) is 0 Å². The highest BCUT2D eigenvalue weighted by Crippen LogP contribution is 2.13. The smallest absolute Gasteiger partial charge is 0.240 e. The van der Waals surface area contributed by atoms with Gasteiger partial charge in [-0.15, -0.1) is 0 Å². The average Bonchev–Trinajstić information content (AvgIpc) is 2.20. The van der Waals surface area contributed by atoms with Gasteiger partial charge in [0.1, 0.15) is 0 Å². The molecule has 0 N–H and O–H groups in total. The summed E-state index contributed by atoms with van der Waals surface area (Å²) in [5.41, 5.74) is 2.17. The molecule has 0 radical (unpaired) electrons. The first-order valence-electron chi connectivity index (χ1n) is 4.23. The third-order valence-corrected chi connectivity index (χ3v) is 1.92. The fourth-order valence-electron chi connectivity index (χ4n) is 1.20. The Morgan fingerprint density at radius 2 is 1.85 bits per heavy atom. The van der Waals surface area contributed by atoms with Gasteiger partial charge in [-0.1, -0.05) is 30.3 Å². The van der Waals surface area contributed by atoms with Crippen molar-refractivity contribution >= 4 is 0 Å². The Bertz CT molecular complexity index is 379. The highest BCUT2D eigenvalue weighted by Gasteiger charge is 2.02. The molecule has 13 heavy (non-hydrogen) atoms. The number of benzene rings is 1. The molecule has 0 saturated heterocycles. The summed E-state index contributed by atoms with van der Waals surface area (Å²) >= 11 is 0. The van der Waals surface area contributed by atoms with Crippen LogP contribution in [0.15, 0.2) is 48.9 Å². The first-order chi connectivity index (χ1) is 6.36. The van der Waals surface area contributed by atoms with Crippen LogP contribution in [0.25, 0.3) is 11.3 Å². The lowest BCUT2D eigenvalue weighted by Gasteiger charge is -1.93. The summed E-state index contributed by atoms with van der Waals surface area (Å²) < 4.78 is 1.92. The molecule has 0 amide bonds. The van der Waals surface area contributed by atoms with Gasteiger partial charge < -0.3 is 0 Å². The molecule has 2 aromatic rings. The molecule has 2 heteroatoms. The van der Waals surface area contributed by atoms with E-state index in [0.717, 1.165) is 11.3 Å². The Labute approximate surface area is 77.5 Å². The predicted octanol–water partition coefficient (Wildman–Crippen LogP) is 1.57. The molecule has 0 atom stereocenters. The zero-order valence-electron chi connectivity index (χ0n) is 7.51. The van der Waals surface area contributed by atoms with E-state index in [-0.39, 0.29) is 0 Å². The average molecular weight is 171 g/mol. The number of rotatable bonds is 1. The molecule has 0 aliphatic carbocycles. The van der Waals surface area contributed by atoms with Gasteiger partial charge in [0.15, 0.2) is 5.69 Å². The van der Waals surface area contributed by atoms with Gasteiger partial charge in [-0.3, -0.25) is 0 Å². The molecule has 1 aromatic carbocycles. The predicted molar refractivity (Wildman–Crippen MR) is 50.8 cm³/mol. The van der Waals surface area contributed by atoms with Crippen LogP contribution in [-0.2, 0) is 7.05 Å². The monoisotopic (exact) mass is 171 g/mol. The molecular formula is C11H11N2+. The van der Waals surface area contributed by atoms with Crippen LogP contribution in [-0.4, -0.2) is 4.98 Å². The summed E-state index contributed by atoms with van der Waals surface area (Å²) in [5, 5.41) is 0. The van der Waals surface area contributed by atoms with E-state index in [9.17, 15) is 0 Å². The fraction of sp³-hybridized carbons (Fsp3) is 0.0909. The number of hydrogen-bond acceptors (Lipinski definition) is 1. The lowest BCUT2D eigenvalue weighted by atomic mass is 10.1. The second kappa shape index (κ2) is 3.35. The van der Waals surface area contributed by atoms with E-state index < -0.39 is 0 Å². The minimum atomic E-state index is 1.01. The molecule has 0 unspecified atom stereocenters. The van der Waals surface area contributed by atoms with Gasteiger partial charge in [0.05, 0.1) is 13.2 Å². The Hall–Kier alpha value is -1.70. The quantitative estimate of drug-likeness (QED) is 0.595. The van der Waals surface area contributed by atoms with Crippen molar-refractivity contribution in [3.8, 4) is 11.3 Å². The lowest BCUT2D eigenvalue weighted by Crippen LogP contribution is -2.26. The molecule has 0 aliphatic heterocycles. The van der Waals surface area contributed by atoms with Gasteiger partial charge in [-0.25, -0.2) is 4.57 Å². The highest BCUT2D eigenvalue weighted by atomic mass is 15.0. The zero-order chi connectivity index (χ0) is 9.10. The van der Waals surface area contributed by atoms with Crippen molar-refractivity contribution in [3.05, 3.63) is 48.9 Å². The van der Waals surface area contributed by atoms with Crippen molar-refractivity contribution < 1.29 is 4.57 Å². The van der Waals surface area contributed by atoms with Crippen LogP contribution in [0, 0.1) is 0 Å². The van der Waals surface area contributed by atoms with Crippen molar-refractivity contribution in [1.82, 2.24) is 4.98 Å². The zero-order valence-corrected chi connectivity index (χ0v) is 7.51. The Balaban J connectivity index is 2.42. The van der Waals surface area contributed by atoms with Gasteiger partial charge in [-0.05, 0) is 4.98 Å². The fourth-order valence-corrected chi connectivity index (χ4v) is 1.20. The number of hydrogen-bond donors (Lipinski definition) is 0. The Morgan fingerprint density at radius 1 is 1.08 bits per heavy atom. The summed E-state index contributed by atoms with van der Waals surface area (Å²) in [6.07, 6.45) is 3.80. The van der Waals surface area contributed by atoms with Gasteiger partial charge in [0.25, 0.3) is 6.33 Å². The molecule has 2 rings (SSSR count). The molecule has 2 nitrogen and oxygen atoms in total. The maximum absolute atomic E-state index is 4.31. The van der Waals surface area contributed by atoms with Crippen molar-refractivity contribution in [2.45, 2.75) is 0 Å². The molecule has 64 valence electrons. The summed E-state index contributed by atoms with van der Waals surface area (Å²) in [5.74, 6) is 0. The Morgan fingerprint density at radius 3 is 2.46 bits per heavy atom. The first-order valence-corrected chi connectivity index (χ1v) is 4.23. The minimum Gasteiger partial charge on any atom is -0.240 e. The number of aryl methyl sites for hydroxylation is 1. The van der Waals surface area contributed by atoms with Crippen LogP contribution in [0.5, 0.6) is 0 Å². The summed E-state index contributed by atoms with van der Waals surface area (Å²) in [6, 6.07) is 12.2. The molecule has 0 fully saturated rings. The van der Waals surface area contributed by atoms with Crippen LogP contribution in [0.4, 0.5) is 0 Å². The lowest BCUT2D eigenvalue weighted by molar-refractivity contribution is -0.674. The molecule has 0 saturated carbocycles. The molecule has 1 aromatic heterocycles. The molecule has 1 heterocycles. The maximum Gasteiger partial charge on any atom is 0.286 e. The van der Waals surface area contributed by atoms with E-state index in [2.05, 4.69) is 17.1 Å². The van der Waals surface area contributed by atoms with Crippen molar-refractivity contribution in [1.29, 1.82) is 0 Å². The third-order valence-electron chi connectivity index (χ3n) is 1.92. The Kier molecular flexibility index (Phi) is 2.04. The number of aromatic nitrogens is 2. The molecular weight excluding hydrogens is 160 g/mol. The van der Waals surface area contributed by atoms with E-state index in [4.69, 9.17) is 0 Å². The van der Waals surface area contributed by atoms with E-state index in [1.165, 1.54) is 0 Å². The van der Waals surface area contributed by atoms with Crippen LogP contribution in [0.3, 0.4) is 0 Å². The highest BCUT2D eigenvalue weighted by molar-refractivity contribution is 5.57. The van der Waals surface area contributed by atoms with Gasteiger partial charge in [0, 0.05) is 11.6 Å². The summed E-state index contributed by atoms with van der Waals surface area (Å²) in [4.78, 5) is 4.31. The van der Waals surface area contributed by atoms with Crippen LogP contribution in [0.2, 0.25) is 0 Å². The normalized spacial score (nSPS) is 9.92. The van der Waals surface area contributed by atoms with Crippen molar-refractivity contribution in [2.24, 2.45) is 7.05 Å². The molecule has 0 bridgehead atoms. The van der Waals surface area contributed by atoms with Crippen molar-refractivity contribution in [3.63, 3.8) is 0 Å². The summed E-state index contributed by atoms with van der Waals surface area (Å²) in [6.45, 7) is 0. The number of nitrogens with zero attached hydrogens (tertiary/aromatic N) is 2.